The molecule has 1 atom stereocenters. The first-order valence-electron chi connectivity index (χ1n) is 4.42. The molecule has 4 heteroatoms. The van der Waals surface area contributed by atoms with Gasteiger partial charge in [-0.3, -0.25) is 0 Å². The second-order valence-electron chi connectivity index (χ2n) is 3.90. The lowest BCUT2D eigenvalue weighted by Crippen LogP contribution is -2.21. The molecule has 13 heavy (non-hydrogen) atoms. The third-order valence-electron chi connectivity index (χ3n) is 2.32. The summed E-state index contributed by atoms with van der Waals surface area (Å²) in [6.45, 7) is 1.86. The summed E-state index contributed by atoms with van der Waals surface area (Å²) in [6.07, 6.45) is 3.39. The predicted molar refractivity (Wildman–Crippen MR) is 56.7 cm³/mol. The molecule has 0 spiro atoms. The fourth-order valence-corrected chi connectivity index (χ4v) is 2.80. The van der Waals surface area contributed by atoms with E-state index >= 15 is 0 Å². The van der Waals surface area contributed by atoms with Crippen LogP contribution in [0.4, 0.5) is 0 Å². The van der Waals surface area contributed by atoms with E-state index in [2.05, 4.69) is 20.9 Å². The largest absolute Gasteiger partial charge is 0.383 e. The molecule has 1 fully saturated rings. The van der Waals surface area contributed by atoms with E-state index in [1.807, 2.05) is 12.3 Å². The number of aromatic nitrogens is 1. The normalized spacial score (nSPS) is 21.5. The predicted octanol–water partition coefficient (Wildman–Crippen LogP) is 2.91. The van der Waals surface area contributed by atoms with Crippen LogP contribution >= 0.6 is 27.3 Å². The lowest BCUT2D eigenvalue weighted by Gasteiger charge is -2.19. The Hall–Kier alpha value is 0.0700. The molecule has 0 aliphatic heterocycles. The summed E-state index contributed by atoms with van der Waals surface area (Å²) in [6, 6.07) is 0. The summed E-state index contributed by atoms with van der Waals surface area (Å²) >= 11 is 4.81. The number of thiazole rings is 1. The average molecular weight is 262 g/mol. The summed E-state index contributed by atoms with van der Waals surface area (Å²) in [7, 11) is 0. The maximum Gasteiger partial charge on any atom is 0.125 e. The van der Waals surface area contributed by atoms with Gasteiger partial charge in [0.1, 0.15) is 15.2 Å². The van der Waals surface area contributed by atoms with Crippen LogP contribution in [-0.4, -0.2) is 10.1 Å². The maximum absolute atomic E-state index is 10.1. The van der Waals surface area contributed by atoms with Crippen LogP contribution < -0.4 is 0 Å². The molecule has 1 aromatic rings. The monoisotopic (exact) mass is 261 g/mol. The first-order chi connectivity index (χ1) is 6.08. The van der Waals surface area contributed by atoms with Crippen molar-refractivity contribution in [3.63, 3.8) is 0 Å². The summed E-state index contributed by atoms with van der Waals surface area (Å²) in [5, 5.41) is 12.9. The van der Waals surface area contributed by atoms with Crippen molar-refractivity contribution >= 4 is 27.3 Å². The Bertz CT molecular complexity index is 306. The van der Waals surface area contributed by atoms with Gasteiger partial charge in [-0.1, -0.05) is 12.8 Å². The van der Waals surface area contributed by atoms with Crippen LogP contribution in [-0.2, 0) is 5.60 Å². The van der Waals surface area contributed by atoms with Gasteiger partial charge in [0.25, 0.3) is 0 Å². The quantitative estimate of drug-likeness (QED) is 0.908. The Morgan fingerprint density at radius 2 is 2.46 bits per heavy atom. The van der Waals surface area contributed by atoms with Crippen LogP contribution in [0.5, 0.6) is 0 Å². The molecule has 1 heterocycles. The molecule has 0 aromatic carbocycles. The van der Waals surface area contributed by atoms with Gasteiger partial charge < -0.3 is 5.11 Å². The molecule has 0 bridgehead atoms. The zero-order chi connectivity index (χ0) is 9.47. The Labute approximate surface area is 90.1 Å². The molecule has 1 unspecified atom stereocenters. The van der Waals surface area contributed by atoms with Crippen LogP contribution in [0, 0.1) is 5.92 Å². The van der Waals surface area contributed by atoms with Crippen molar-refractivity contribution in [2.45, 2.75) is 31.8 Å². The average Bonchev–Trinajstić information content (AvgIpc) is 2.70. The number of hydrogen-bond donors (Lipinski definition) is 1. The molecule has 72 valence electrons. The van der Waals surface area contributed by atoms with Gasteiger partial charge in [-0.05, 0) is 35.2 Å². The number of aliphatic hydroxyl groups is 1. The Balaban J connectivity index is 2.12. The van der Waals surface area contributed by atoms with Crippen LogP contribution in [0.15, 0.2) is 9.98 Å². The topological polar surface area (TPSA) is 33.1 Å². The molecule has 1 N–H and O–H groups in total. The van der Waals surface area contributed by atoms with E-state index in [1.165, 1.54) is 24.2 Å². The smallest absolute Gasteiger partial charge is 0.125 e. The van der Waals surface area contributed by atoms with E-state index in [0.717, 1.165) is 21.9 Å². The highest BCUT2D eigenvalue weighted by Crippen LogP contribution is 2.41. The van der Waals surface area contributed by atoms with Crippen LogP contribution in [0.25, 0.3) is 0 Å². The Morgan fingerprint density at radius 3 is 2.92 bits per heavy atom. The molecule has 1 aliphatic carbocycles. The molecular weight excluding hydrogens is 250 g/mol. The van der Waals surface area contributed by atoms with E-state index in [1.54, 1.807) is 0 Å². The van der Waals surface area contributed by atoms with Gasteiger partial charge in [-0.15, -0.1) is 11.3 Å². The second-order valence-corrected chi connectivity index (χ2v) is 5.57. The molecule has 0 amide bonds. The van der Waals surface area contributed by atoms with Gasteiger partial charge in [-0.2, -0.15) is 0 Å². The maximum atomic E-state index is 10.1. The number of hydrogen-bond acceptors (Lipinski definition) is 3. The minimum Gasteiger partial charge on any atom is -0.383 e. The van der Waals surface area contributed by atoms with E-state index in [4.69, 9.17) is 0 Å². The molecule has 1 saturated carbocycles. The van der Waals surface area contributed by atoms with Gasteiger partial charge in [-0.25, -0.2) is 4.98 Å². The third-order valence-corrected chi connectivity index (χ3v) is 4.12. The van der Waals surface area contributed by atoms with E-state index < -0.39 is 5.60 Å². The molecule has 1 aliphatic rings. The van der Waals surface area contributed by atoms with Crippen LogP contribution in [0.2, 0.25) is 0 Å². The van der Waals surface area contributed by atoms with Gasteiger partial charge in [0.2, 0.25) is 0 Å². The van der Waals surface area contributed by atoms with Crippen molar-refractivity contribution in [1.82, 2.24) is 4.98 Å². The molecular formula is C9H12BrNOS. The summed E-state index contributed by atoms with van der Waals surface area (Å²) in [5.74, 6) is 0.720. The minimum absolute atomic E-state index is 0.720. The van der Waals surface area contributed by atoms with E-state index in [9.17, 15) is 5.11 Å². The van der Waals surface area contributed by atoms with Gasteiger partial charge in [0.05, 0.1) is 0 Å². The summed E-state index contributed by atoms with van der Waals surface area (Å²) < 4.78 is 0.823. The lowest BCUT2D eigenvalue weighted by molar-refractivity contribution is 0.0414. The zero-order valence-corrected chi connectivity index (χ0v) is 9.86. The van der Waals surface area contributed by atoms with Crippen LogP contribution in [0.1, 0.15) is 31.2 Å². The molecule has 2 rings (SSSR count). The van der Waals surface area contributed by atoms with E-state index in [0.29, 0.717) is 0 Å². The highest BCUT2D eigenvalue weighted by molar-refractivity contribution is 9.10. The van der Waals surface area contributed by atoms with Gasteiger partial charge in [0.15, 0.2) is 0 Å². The minimum atomic E-state index is -0.724. The fraction of sp³-hybridized carbons (Fsp3) is 0.667. The number of nitrogens with zero attached hydrogens (tertiary/aromatic N) is 1. The van der Waals surface area contributed by atoms with Crippen molar-refractivity contribution in [2.24, 2.45) is 5.92 Å². The molecule has 0 radical (unpaired) electrons. The van der Waals surface area contributed by atoms with Crippen molar-refractivity contribution in [1.29, 1.82) is 0 Å². The molecule has 1 aromatic heterocycles. The molecule has 2 nitrogen and oxygen atoms in total. The SMILES string of the molecule is CC(O)(CC1CC1)c1nc(Br)cs1. The van der Waals surface area contributed by atoms with Gasteiger partial charge >= 0.3 is 0 Å². The number of rotatable bonds is 3. The molecule has 0 saturated heterocycles. The third kappa shape index (κ3) is 2.30. The summed E-state index contributed by atoms with van der Waals surface area (Å²) in [5.41, 5.74) is -0.724. The van der Waals surface area contributed by atoms with Crippen molar-refractivity contribution in [3.8, 4) is 0 Å². The van der Waals surface area contributed by atoms with Crippen molar-refractivity contribution in [2.75, 3.05) is 0 Å². The first-order valence-corrected chi connectivity index (χ1v) is 6.09. The van der Waals surface area contributed by atoms with E-state index in [-0.39, 0.29) is 0 Å². The van der Waals surface area contributed by atoms with Crippen molar-refractivity contribution < 1.29 is 5.11 Å². The highest BCUT2D eigenvalue weighted by Gasteiger charge is 2.34. The number of halogens is 1. The summed E-state index contributed by atoms with van der Waals surface area (Å²) in [4.78, 5) is 4.25. The van der Waals surface area contributed by atoms with Gasteiger partial charge in [0, 0.05) is 5.38 Å². The second kappa shape index (κ2) is 3.33. The highest BCUT2D eigenvalue weighted by atomic mass is 79.9. The Kier molecular flexibility index (Phi) is 2.47. The first kappa shape index (κ1) is 9.62. The van der Waals surface area contributed by atoms with Crippen LogP contribution in [0.3, 0.4) is 0 Å². The standard InChI is InChI=1S/C9H12BrNOS/c1-9(12,4-6-2-3-6)8-11-7(10)5-13-8/h5-6,12H,2-4H2,1H3. The Morgan fingerprint density at radius 1 is 1.77 bits per heavy atom. The van der Waals surface area contributed by atoms with Crippen molar-refractivity contribution in [3.05, 3.63) is 15.0 Å². The zero-order valence-electron chi connectivity index (χ0n) is 7.46. The fourth-order valence-electron chi connectivity index (χ4n) is 1.47. The lowest BCUT2D eigenvalue weighted by atomic mass is 10.0.